The maximum atomic E-state index is 12.4. The highest BCUT2D eigenvalue weighted by molar-refractivity contribution is 5.82. The van der Waals surface area contributed by atoms with E-state index >= 15 is 0 Å². The van der Waals surface area contributed by atoms with Gasteiger partial charge in [0.15, 0.2) is 0 Å². The van der Waals surface area contributed by atoms with E-state index in [9.17, 15) is 4.79 Å². The third-order valence-electron chi connectivity index (χ3n) is 3.71. The van der Waals surface area contributed by atoms with E-state index in [-0.39, 0.29) is 36.8 Å². The fourth-order valence-corrected chi connectivity index (χ4v) is 2.51. The summed E-state index contributed by atoms with van der Waals surface area (Å²) in [5.74, 6) is 0.0869. The first-order chi connectivity index (χ1) is 8.65. The molecule has 0 aromatic rings. The zero-order valence-corrected chi connectivity index (χ0v) is 11.0. The molecule has 0 radical (unpaired) electrons. The van der Waals surface area contributed by atoms with E-state index in [0.717, 1.165) is 6.54 Å². The Morgan fingerprint density at radius 1 is 1.61 bits per heavy atom. The van der Waals surface area contributed by atoms with Gasteiger partial charge in [0.05, 0.1) is 37.5 Å². The molecule has 2 N–H and O–H groups in total. The van der Waals surface area contributed by atoms with Crippen molar-refractivity contribution in [2.45, 2.75) is 37.6 Å². The highest BCUT2D eigenvalue weighted by Gasteiger charge is 2.36. The Balaban J connectivity index is 1.95. The molecule has 6 nitrogen and oxygen atoms in total. The second kappa shape index (κ2) is 5.97. The summed E-state index contributed by atoms with van der Waals surface area (Å²) in [6.07, 6.45) is 0.567. The van der Waals surface area contributed by atoms with Gasteiger partial charge in [-0.25, -0.2) is 0 Å². The number of rotatable bonds is 3. The first-order valence-electron chi connectivity index (χ1n) is 6.44. The molecule has 2 rings (SSSR count). The maximum Gasteiger partial charge on any atom is 0.240 e. The Labute approximate surface area is 107 Å². The number of ether oxygens (including phenoxy) is 2. The number of carbonyl (C=O) groups excluding carboxylic acids is 1. The van der Waals surface area contributed by atoms with Gasteiger partial charge >= 0.3 is 0 Å². The third kappa shape index (κ3) is 2.83. The van der Waals surface area contributed by atoms with E-state index in [0.29, 0.717) is 19.6 Å². The van der Waals surface area contributed by atoms with E-state index < -0.39 is 0 Å². The van der Waals surface area contributed by atoms with Gasteiger partial charge in [-0.05, 0) is 13.3 Å². The quantitative estimate of drug-likeness (QED) is 0.677. The summed E-state index contributed by atoms with van der Waals surface area (Å²) in [7, 11) is 1.67. The van der Waals surface area contributed by atoms with Gasteiger partial charge in [-0.3, -0.25) is 4.79 Å². The van der Waals surface area contributed by atoms with Crippen LogP contribution in [0.4, 0.5) is 0 Å². The smallest absolute Gasteiger partial charge is 0.240 e. The number of methoxy groups -OCH3 is 1. The Kier molecular flexibility index (Phi) is 4.55. The number of hydrogen-bond acceptors (Lipinski definition) is 5. The molecule has 4 unspecified atom stereocenters. The molecule has 6 heteroatoms. The lowest BCUT2D eigenvalue weighted by atomic mass is 10.1. The van der Waals surface area contributed by atoms with Crippen LogP contribution in [0.5, 0.6) is 0 Å². The molecule has 2 saturated heterocycles. The van der Waals surface area contributed by atoms with Crippen LogP contribution in [0.25, 0.3) is 0 Å². The number of amides is 1. The minimum atomic E-state index is -0.259. The predicted octanol–water partition coefficient (Wildman–Crippen LogP) is -1.03. The summed E-state index contributed by atoms with van der Waals surface area (Å²) in [5, 5.41) is 12.3. The number of nitrogens with zero attached hydrogens (tertiary/aromatic N) is 1. The molecule has 0 aliphatic carbocycles. The van der Waals surface area contributed by atoms with Crippen LogP contribution >= 0.6 is 0 Å². The van der Waals surface area contributed by atoms with Gasteiger partial charge in [-0.15, -0.1) is 0 Å². The largest absolute Gasteiger partial charge is 0.394 e. The number of nitrogens with one attached hydrogen (secondary N) is 1. The van der Waals surface area contributed by atoms with Gasteiger partial charge in [-0.1, -0.05) is 0 Å². The second-order valence-corrected chi connectivity index (χ2v) is 5.03. The summed E-state index contributed by atoms with van der Waals surface area (Å²) in [5.41, 5.74) is 0. The maximum absolute atomic E-state index is 12.4. The molecule has 2 heterocycles. The molecule has 0 bridgehead atoms. The fraction of sp³-hybridized carbons (Fsp3) is 0.917. The summed E-state index contributed by atoms with van der Waals surface area (Å²) >= 11 is 0. The highest BCUT2D eigenvalue weighted by Crippen LogP contribution is 2.17. The average Bonchev–Trinajstić information content (AvgIpc) is 2.87. The van der Waals surface area contributed by atoms with Crippen LogP contribution in [0, 0.1) is 0 Å². The molecule has 2 fully saturated rings. The van der Waals surface area contributed by atoms with E-state index in [1.807, 2.05) is 6.92 Å². The van der Waals surface area contributed by atoms with E-state index in [2.05, 4.69) is 5.32 Å². The number of aliphatic hydroxyl groups is 1. The van der Waals surface area contributed by atoms with Crippen LogP contribution < -0.4 is 5.32 Å². The molecule has 0 aromatic carbocycles. The first-order valence-corrected chi connectivity index (χ1v) is 6.44. The van der Waals surface area contributed by atoms with E-state index in [1.165, 1.54) is 0 Å². The number of carbonyl (C=O) groups is 1. The second-order valence-electron chi connectivity index (χ2n) is 5.03. The SMILES string of the molecule is COC1CNC(C(=O)N2CC(CO)OCC2C)C1. The molecule has 1 amide bonds. The van der Waals surface area contributed by atoms with Gasteiger partial charge in [0.1, 0.15) is 0 Å². The average molecular weight is 258 g/mol. The number of hydrogen-bond donors (Lipinski definition) is 2. The summed E-state index contributed by atoms with van der Waals surface area (Å²) in [6, 6.07) is -0.112. The van der Waals surface area contributed by atoms with Gasteiger partial charge in [0, 0.05) is 20.2 Å². The van der Waals surface area contributed by atoms with Crippen molar-refractivity contribution >= 4 is 5.91 Å². The molecule has 0 aromatic heterocycles. The van der Waals surface area contributed by atoms with Crippen molar-refractivity contribution in [2.75, 3.05) is 33.4 Å². The van der Waals surface area contributed by atoms with Crippen molar-refractivity contribution in [3.8, 4) is 0 Å². The normalized spacial score (nSPS) is 36.9. The lowest BCUT2D eigenvalue weighted by Crippen LogP contribution is -2.56. The summed E-state index contributed by atoms with van der Waals surface area (Å²) in [6.45, 7) is 3.59. The fourth-order valence-electron chi connectivity index (χ4n) is 2.51. The first kappa shape index (κ1) is 13.7. The van der Waals surface area contributed by atoms with Crippen LogP contribution in [0.3, 0.4) is 0 Å². The molecular formula is C12H22N2O4. The van der Waals surface area contributed by atoms with Crippen molar-refractivity contribution in [3.05, 3.63) is 0 Å². The zero-order valence-electron chi connectivity index (χ0n) is 11.0. The van der Waals surface area contributed by atoms with Crippen molar-refractivity contribution in [1.29, 1.82) is 0 Å². The van der Waals surface area contributed by atoms with Crippen LogP contribution in [0.1, 0.15) is 13.3 Å². The minimum absolute atomic E-state index is 0.0463. The van der Waals surface area contributed by atoms with Gasteiger partial charge in [0.25, 0.3) is 0 Å². The van der Waals surface area contributed by atoms with Crippen LogP contribution in [-0.2, 0) is 14.3 Å². The van der Waals surface area contributed by atoms with E-state index in [4.69, 9.17) is 14.6 Å². The minimum Gasteiger partial charge on any atom is -0.394 e. The predicted molar refractivity (Wildman–Crippen MR) is 65.2 cm³/mol. The molecule has 0 spiro atoms. The van der Waals surface area contributed by atoms with E-state index in [1.54, 1.807) is 12.0 Å². The third-order valence-corrected chi connectivity index (χ3v) is 3.71. The van der Waals surface area contributed by atoms with Crippen LogP contribution in [-0.4, -0.2) is 73.6 Å². The van der Waals surface area contributed by atoms with Gasteiger partial charge in [-0.2, -0.15) is 0 Å². The van der Waals surface area contributed by atoms with Gasteiger partial charge < -0.3 is 24.8 Å². The lowest BCUT2D eigenvalue weighted by Gasteiger charge is -2.38. The molecule has 2 aliphatic heterocycles. The Morgan fingerprint density at radius 3 is 3.00 bits per heavy atom. The van der Waals surface area contributed by atoms with Crippen molar-refractivity contribution in [2.24, 2.45) is 0 Å². The molecule has 18 heavy (non-hydrogen) atoms. The monoisotopic (exact) mass is 258 g/mol. The van der Waals surface area contributed by atoms with Gasteiger partial charge in [0.2, 0.25) is 5.91 Å². The molecule has 4 atom stereocenters. The molecular weight excluding hydrogens is 236 g/mol. The lowest BCUT2D eigenvalue weighted by molar-refractivity contribution is -0.148. The van der Waals surface area contributed by atoms with Crippen LogP contribution in [0.15, 0.2) is 0 Å². The molecule has 104 valence electrons. The van der Waals surface area contributed by atoms with Crippen LogP contribution in [0.2, 0.25) is 0 Å². The Bertz CT molecular complexity index is 300. The topological polar surface area (TPSA) is 71.0 Å². The highest BCUT2D eigenvalue weighted by atomic mass is 16.5. The standard InChI is InChI=1S/C12H22N2O4/c1-8-7-18-10(6-15)5-14(8)12(16)11-3-9(17-2)4-13-11/h8-11,13,15H,3-7H2,1-2H3. The zero-order chi connectivity index (χ0) is 13.1. The number of aliphatic hydroxyl groups excluding tert-OH is 1. The summed E-state index contributed by atoms with van der Waals surface area (Å²) in [4.78, 5) is 14.2. The van der Waals surface area contributed by atoms with Crippen molar-refractivity contribution in [3.63, 3.8) is 0 Å². The summed E-state index contributed by atoms with van der Waals surface area (Å²) < 4.78 is 10.7. The Morgan fingerprint density at radius 2 is 2.39 bits per heavy atom. The molecule has 2 aliphatic rings. The van der Waals surface area contributed by atoms with Crippen molar-refractivity contribution in [1.82, 2.24) is 10.2 Å². The Hall–Kier alpha value is -0.690. The number of morpholine rings is 1. The molecule has 0 saturated carbocycles. The van der Waals surface area contributed by atoms with Crippen molar-refractivity contribution < 1.29 is 19.4 Å².